The van der Waals surface area contributed by atoms with Gasteiger partial charge in [0.25, 0.3) is 0 Å². The lowest BCUT2D eigenvalue weighted by molar-refractivity contribution is 0.0218. The number of ether oxygens (including phenoxy) is 1. The second-order valence-corrected chi connectivity index (χ2v) is 5.76. The van der Waals surface area contributed by atoms with Crippen molar-refractivity contribution in [2.75, 3.05) is 0 Å². The third-order valence-corrected chi connectivity index (χ3v) is 3.31. The minimum Gasteiger partial charge on any atom is -0.473 e. The number of nitrogens with one attached hydrogen (secondary N) is 1. The molecular formula is C17H25N3O2. The first-order valence-corrected chi connectivity index (χ1v) is 7.71. The van der Waals surface area contributed by atoms with Gasteiger partial charge in [0, 0.05) is 25.0 Å². The van der Waals surface area contributed by atoms with Crippen molar-refractivity contribution in [3.05, 3.63) is 48.3 Å². The Morgan fingerprint density at radius 2 is 1.95 bits per heavy atom. The van der Waals surface area contributed by atoms with E-state index < -0.39 is 12.3 Å². The first kappa shape index (κ1) is 16.5. The van der Waals surface area contributed by atoms with Crippen molar-refractivity contribution >= 4 is 0 Å². The van der Waals surface area contributed by atoms with Gasteiger partial charge in [0.05, 0.1) is 0 Å². The van der Waals surface area contributed by atoms with Crippen LogP contribution in [-0.2, 0) is 13.0 Å². The molecule has 1 aromatic heterocycles. The average Bonchev–Trinajstić information content (AvgIpc) is 2.98. The van der Waals surface area contributed by atoms with Gasteiger partial charge in [-0.15, -0.1) is 0 Å². The van der Waals surface area contributed by atoms with E-state index in [9.17, 15) is 5.11 Å². The first-order valence-electron chi connectivity index (χ1n) is 7.71. The molecule has 5 nitrogen and oxygen atoms in total. The Morgan fingerprint density at radius 3 is 2.50 bits per heavy atom. The van der Waals surface area contributed by atoms with Crippen molar-refractivity contribution in [1.29, 1.82) is 0 Å². The Hall–Kier alpha value is -1.85. The summed E-state index contributed by atoms with van der Waals surface area (Å²) in [6, 6.07) is 10.1. The minimum atomic E-state index is -0.582. The van der Waals surface area contributed by atoms with Crippen LogP contribution in [0.4, 0.5) is 0 Å². The van der Waals surface area contributed by atoms with Crippen LogP contribution in [0, 0.1) is 0 Å². The topological polar surface area (TPSA) is 59.3 Å². The number of aliphatic hydroxyl groups is 1. The molecule has 2 atom stereocenters. The summed E-state index contributed by atoms with van der Waals surface area (Å²) >= 11 is 0. The van der Waals surface area contributed by atoms with Gasteiger partial charge in [-0.1, -0.05) is 12.1 Å². The van der Waals surface area contributed by atoms with Gasteiger partial charge in [-0.05, 0) is 51.0 Å². The number of hydrogen-bond donors (Lipinski definition) is 2. The van der Waals surface area contributed by atoms with Gasteiger partial charge in [-0.3, -0.25) is 10.00 Å². The molecule has 0 bridgehead atoms. The van der Waals surface area contributed by atoms with E-state index in [1.54, 1.807) is 13.1 Å². The normalized spacial score (nSPS) is 14.0. The molecule has 0 aliphatic heterocycles. The molecule has 2 unspecified atom stereocenters. The van der Waals surface area contributed by atoms with Crippen LogP contribution in [0.5, 0.6) is 5.75 Å². The monoisotopic (exact) mass is 303 g/mol. The van der Waals surface area contributed by atoms with E-state index in [4.69, 9.17) is 4.74 Å². The largest absolute Gasteiger partial charge is 0.473 e. The Labute approximate surface area is 131 Å². The fourth-order valence-corrected chi connectivity index (χ4v) is 2.16. The third-order valence-electron chi connectivity index (χ3n) is 3.31. The van der Waals surface area contributed by atoms with Crippen LogP contribution in [0.15, 0.2) is 42.7 Å². The van der Waals surface area contributed by atoms with Gasteiger partial charge in [0.15, 0.2) is 6.23 Å². The van der Waals surface area contributed by atoms with Crippen LogP contribution in [0.3, 0.4) is 0 Å². The Bertz CT molecular complexity index is 536. The molecule has 1 aromatic carbocycles. The van der Waals surface area contributed by atoms with Crippen molar-refractivity contribution in [3.63, 3.8) is 0 Å². The van der Waals surface area contributed by atoms with E-state index in [2.05, 4.69) is 10.4 Å². The Morgan fingerprint density at radius 1 is 1.23 bits per heavy atom. The molecule has 2 aromatic rings. The van der Waals surface area contributed by atoms with E-state index in [-0.39, 0.29) is 6.04 Å². The van der Waals surface area contributed by atoms with Crippen LogP contribution in [0.2, 0.25) is 0 Å². The molecule has 0 saturated heterocycles. The molecule has 2 N–H and O–H groups in total. The van der Waals surface area contributed by atoms with Crippen LogP contribution < -0.4 is 10.1 Å². The van der Waals surface area contributed by atoms with E-state index in [1.165, 1.54) is 5.56 Å². The molecular weight excluding hydrogens is 278 g/mol. The summed E-state index contributed by atoms with van der Waals surface area (Å²) < 4.78 is 7.73. The zero-order chi connectivity index (χ0) is 15.9. The Balaban J connectivity index is 1.90. The summed E-state index contributed by atoms with van der Waals surface area (Å²) in [5.41, 5.74) is 1.23. The highest BCUT2D eigenvalue weighted by atomic mass is 16.5. The molecule has 5 heteroatoms. The first-order chi connectivity index (χ1) is 10.5. The molecule has 22 heavy (non-hydrogen) atoms. The standard InChI is InChI=1S/C17H25N3O2/c1-13(2)19-17(14(3)21)22-16-7-5-15(6-8-16)9-12-20-11-4-10-18-20/h4-8,10-11,13-14,17,19,21H,9,12H2,1-3H3. The smallest absolute Gasteiger partial charge is 0.176 e. The number of aryl methyl sites for hydroxylation is 2. The Kier molecular flexibility index (Phi) is 5.98. The number of aromatic nitrogens is 2. The van der Waals surface area contributed by atoms with Crippen molar-refractivity contribution in [3.8, 4) is 5.75 Å². The van der Waals surface area contributed by atoms with Crippen LogP contribution in [0.1, 0.15) is 26.3 Å². The van der Waals surface area contributed by atoms with E-state index in [1.807, 2.05) is 55.1 Å². The van der Waals surface area contributed by atoms with Gasteiger partial charge in [0.2, 0.25) is 0 Å². The summed E-state index contributed by atoms with van der Waals surface area (Å²) in [6.45, 7) is 6.63. The molecule has 0 saturated carbocycles. The van der Waals surface area contributed by atoms with Gasteiger partial charge >= 0.3 is 0 Å². The molecule has 2 rings (SSSR count). The highest BCUT2D eigenvalue weighted by molar-refractivity contribution is 5.27. The van der Waals surface area contributed by atoms with Gasteiger partial charge < -0.3 is 9.84 Å². The summed E-state index contributed by atoms with van der Waals surface area (Å²) in [5, 5.41) is 17.2. The molecule has 0 fully saturated rings. The number of rotatable bonds is 8. The number of hydrogen-bond acceptors (Lipinski definition) is 4. The van der Waals surface area contributed by atoms with Crippen LogP contribution >= 0.6 is 0 Å². The van der Waals surface area contributed by atoms with Crippen LogP contribution in [-0.4, -0.2) is 33.3 Å². The lowest BCUT2D eigenvalue weighted by Crippen LogP contribution is -2.46. The maximum atomic E-state index is 9.77. The van der Waals surface area contributed by atoms with Crippen LogP contribution in [0.25, 0.3) is 0 Å². The fraction of sp³-hybridized carbons (Fsp3) is 0.471. The zero-order valence-corrected chi connectivity index (χ0v) is 13.4. The van der Waals surface area contributed by atoms with Crippen molar-refractivity contribution in [2.45, 2.75) is 52.1 Å². The molecule has 0 aliphatic carbocycles. The van der Waals surface area contributed by atoms with E-state index >= 15 is 0 Å². The van der Waals surface area contributed by atoms with Gasteiger partial charge in [-0.25, -0.2) is 0 Å². The van der Waals surface area contributed by atoms with Gasteiger partial charge in [-0.2, -0.15) is 5.10 Å². The van der Waals surface area contributed by atoms with Crippen molar-refractivity contribution < 1.29 is 9.84 Å². The lowest BCUT2D eigenvalue weighted by atomic mass is 10.1. The second-order valence-electron chi connectivity index (χ2n) is 5.76. The third kappa shape index (κ3) is 5.16. The second kappa shape index (κ2) is 7.96. The SMILES string of the molecule is CC(C)NC(Oc1ccc(CCn2cccn2)cc1)C(C)O. The van der Waals surface area contributed by atoms with Gasteiger partial charge in [0.1, 0.15) is 11.9 Å². The number of nitrogens with zero attached hydrogens (tertiary/aromatic N) is 2. The molecule has 0 radical (unpaired) electrons. The molecule has 0 spiro atoms. The summed E-state index contributed by atoms with van der Waals surface area (Å²) in [6.07, 6.45) is 3.68. The predicted octanol–water partition coefficient (Wildman–Crippen LogP) is 2.21. The van der Waals surface area contributed by atoms with E-state index in [0.29, 0.717) is 0 Å². The average molecular weight is 303 g/mol. The summed E-state index contributed by atoms with van der Waals surface area (Å²) in [5.74, 6) is 0.752. The number of aliphatic hydroxyl groups excluding tert-OH is 1. The zero-order valence-electron chi connectivity index (χ0n) is 13.4. The minimum absolute atomic E-state index is 0.243. The maximum absolute atomic E-state index is 9.77. The number of benzene rings is 1. The highest BCUT2D eigenvalue weighted by Crippen LogP contribution is 2.15. The molecule has 120 valence electrons. The maximum Gasteiger partial charge on any atom is 0.176 e. The summed E-state index contributed by atoms with van der Waals surface area (Å²) in [4.78, 5) is 0. The lowest BCUT2D eigenvalue weighted by Gasteiger charge is -2.25. The quantitative estimate of drug-likeness (QED) is 0.734. The molecule has 1 heterocycles. The fourth-order valence-electron chi connectivity index (χ4n) is 2.16. The molecule has 0 aliphatic rings. The van der Waals surface area contributed by atoms with Crippen molar-refractivity contribution in [1.82, 2.24) is 15.1 Å². The predicted molar refractivity (Wildman–Crippen MR) is 86.7 cm³/mol. The molecule has 0 amide bonds. The summed E-state index contributed by atoms with van der Waals surface area (Å²) in [7, 11) is 0. The van der Waals surface area contributed by atoms with Crippen molar-refractivity contribution in [2.24, 2.45) is 0 Å². The highest BCUT2D eigenvalue weighted by Gasteiger charge is 2.17. The van der Waals surface area contributed by atoms with E-state index in [0.717, 1.165) is 18.7 Å².